The van der Waals surface area contributed by atoms with E-state index in [1.54, 1.807) is 36.7 Å². The number of aliphatic hydroxyl groups is 1. The maximum atomic E-state index is 13.1. The van der Waals surface area contributed by atoms with Gasteiger partial charge in [-0.25, -0.2) is 0 Å². The number of ketones is 1. The van der Waals surface area contributed by atoms with E-state index < -0.39 is 17.7 Å². The minimum atomic E-state index is -0.691. The van der Waals surface area contributed by atoms with Crippen molar-refractivity contribution in [2.75, 3.05) is 18.0 Å². The van der Waals surface area contributed by atoms with Gasteiger partial charge in [-0.2, -0.15) is 0 Å². The molecule has 1 N–H and O–H groups in total. The third kappa shape index (κ3) is 4.37. The SMILES string of the molecule is CCN(CC)c1ccc(C2/C(=C(/O)c3ccccc3)C(=O)C(=O)N2Cc2ccncc2)cc1. The van der Waals surface area contributed by atoms with E-state index in [2.05, 4.69) is 23.7 Å². The fourth-order valence-electron chi connectivity index (χ4n) is 4.28. The number of carbonyl (C=O) groups is 2. The van der Waals surface area contributed by atoms with Gasteiger partial charge in [0.05, 0.1) is 11.6 Å². The summed E-state index contributed by atoms with van der Waals surface area (Å²) in [5.74, 6) is -1.46. The average molecular weight is 442 g/mol. The molecule has 1 fully saturated rings. The molecule has 168 valence electrons. The highest BCUT2D eigenvalue weighted by atomic mass is 16.3. The lowest BCUT2D eigenvalue weighted by Gasteiger charge is -2.26. The molecule has 1 aliphatic rings. The van der Waals surface area contributed by atoms with Gasteiger partial charge in [-0.3, -0.25) is 14.6 Å². The van der Waals surface area contributed by atoms with Crippen LogP contribution in [0.5, 0.6) is 0 Å². The maximum absolute atomic E-state index is 13.1. The van der Waals surface area contributed by atoms with Crippen molar-refractivity contribution in [3.8, 4) is 0 Å². The number of likely N-dealkylation sites (tertiary alicyclic amines) is 1. The lowest BCUT2D eigenvalue weighted by Crippen LogP contribution is -2.29. The number of amides is 1. The molecule has 0 bridgehead atoms. The van der Waals surface area contributed by atoms with Crippen LogP contribution >= 0.6 is 0 Å². The number of pyridine rings is 1. The number of rotatable bonds is 7. The molecule has 3 aromatic rings. The van der Waals surface area contributed by atoms with E-state index in [9.17, 15) is 14.7 Å². The molecular formula is C27H27N3O3. The molecule has 4 rings (SSSR count). The smallest absolute Gasteiger partial charge is 0.295 e. The summed E-state index contributed by atoms with van der Waals surface area (Å²) < 4.78 is 0. The Balaban J connectivity index is 1.82. The third-order valence-electron chi connectivity index (χ3n) is 6.03. The van der Waals surface area contributed by atoms with Crippen LogP contribution < -0.4 is 4.90 Å². The molecule has 0 spiro atoms. The van der Waals surface area contributed by atoms with Crippen LogP contribution in [0.3, 0.4) is 0 Å². The van der Waals surface area contributed by atoms with Crippen molar-refractivity contribution >= 4 is 23.1 Å². The van der Waals surface area contributed by atoms with Gasteiger partial charge in [-0.05, 0) is 49.2 Å². The monoisotopic (exact) mass is 441 g/mol. The molecule has 1 aliphatic heterocycles. The second-order valence-corrected chi connectivity index (χ2v) is 7.91. The second kappa shape index (κ2) is 9.69. The first-order chi connectivity index (χ1) is 16.0. The summed E-state index contributed by atoms with van der Waals surface area (Å²) in [7, 11) is 0. The lowest BCUT2D eigenvalue weighted by molar-refractivity contribution is -0.140. The molecule has 6 nitrogen and oxygen atoms in total. The number of carbonyl (C=O) groups excluding carboxylic acids is 2. The summed E-state index contributed by atoms with van der Waals surface area (Å²) in [6.45, 7) is 6.19. The highest BCUT2D eigenvalue weighted by Gasteiger charge is 2.46. The van der Waals surface area contributed by atoms with Gasteiger partial charge in [0.15, 0.2) is 0 Å². The third-order valence-corrected chi connectivity index (χ3v) is 6.03. The molecule has 6 heteroatoms. The standard InChI is InChI=1S/C27H27N3O3/c1-3-29(4-2)22-12-10-20(11-13-22)24-23(25(31)21-8-6-5-7-9-21)26(32)27(33)30(24)18-19-14-16-28-17-15-19/h5-17,24,31H,3-4,18H2,1-2H3/b25-23-. The van der Waals surface area contributed by atoms with Crippen LogP contribution in [0.15, 0.2) is 84.7 Å². The van der Waals surface area contributed by atoms with Crippen molar-refractivity contribution in [2.45, 2.75) is 26.4 Å². The van der Waals surface area contributed by atoms with Crippen molar-refractivity contribution < 1.29 is 14.7 Å². The highest BCUT2D eigenvalue weighted by Crippen LogP contribution is 2.40. The Morgan fingerprint density at radius 1 is 0.939 bits per heavy atom. The molecule has 33 heavy (non-hydrogen) atoms. The van der Waals surface area contributed by atoms with Crippen molar-refractivity contribution in [3.63, 3.8) is 0 Å². The van der Waals surface area contributed by atoms with Crippen LogP contribution in [0, 0.1) is 0 Å². The summed E-state index contributed by atoms with van der Waals surface area (Å²) >= 11 is 0. The van der Waals surface area contributed by atoms with E-state index in [4.69, 9.17) is 0 Å². The van der Waals surface area contributed by atoms with Gasteiger partial charge in [0.25, 0.3) is 11.7 Å². The molecule has 0 saturated carbocycles. The number of aromatic nitrogens is 1. The minimum absolute atomic E-state index is 0.107. The number of anilines is 1. The van der Waals surface area contributed by atoms with Gasteiger partial charge in [0.2, 0.25) is 0 Å². The van der Waals surface area contributed by atoms with E-state index in [-0.39, 0.29) is 17.9 Å². The van der Waals surface area contributed by atoms with Gasteiger partial charge in [-0.15, -0.1) is 0 Å². The molecule has 1 saturated heterocycles. The molecular weight excluding hydrogens is 414 g/mol. The zero-order chi connectivity index (χ0) is 23.4. The van der Waals surface area contributed by atoms with Gasteiger partial charge >= 0.3 is 0 Å². The summed E-state index contributed by atoms with van der Waals surface area (Å²) in [6.07, 6.45) is 3.31. The van der Waals surface area contributed by atoms with E-state index >= 15 is 0 Å². The molecule has 1 aromatic heterocycles. The molecule has 1 amide bonds. The first-order valence-electron chi connectivity index (χ1n) is 11.1. The van der Waals surface area contributed by atoms with E-state index in [1.807, 2.05) is 42.5 Å². The first-order valence-corrected chi connectivity index (χ1v) is 11.1. The number of hydrogen-bond donors (Lipinski definition) is 1. The largest absolute Gasteiger partial charge is 0.507 e. The zero-order valence-electron chi connectivity index (χ0n) is 18.8. The Labute approximate surface area is 193 Å². The summed E-state index contributed by atoms with van der Waals surface area (Å²) in [4.78, 5) is 34.0. The van der Waals surface area contributed by atoms with Crippen LogP contribution in [0.25, 0.3) is 5.76 Å². The highest BCUT2D eigenvalue weighted by molar-refractivity contribution is 6.46. The Bertz CT molecular complexity index is 1150. The Kier molecular flexibility index (Phi) is 6.54. The van der Waals surface area contributed by atoms with Gasteiger partial charge in [-0.1, -0.05) is 42.5 Å². The van der Waals surface area contributed by atoms with Gasteiger partial charge in [0, 0.05) is 43.3 Å². The van der Waals surface area contributed by atoms with Crippen molar-refractivity contribution in [1.82, 2.24) is 9.88 Å². The van der Waals surface area contributed by atoms with E-state index in [0.29, 0.717) is 5.56 Å². The second-order valence-electron chi connectivity index (χ2n) is 7.91. The predicted molar refractivity (Wildman–Crippen MR) is 129 cm³/mol. The molecule has 0 radical (unpaired) electrons. The quantitative estimate of drug-likeness (QED) is 0.331. The van der Waals surface area contributed by atoms with Crippen LogP contribution in [-0.4, -0.2) is 39.8 Å². The van der Waals surface area contributed by atoms with Gasteiger partial charge in [0.1, 0.15) is 5.76 Å². The number of aliphatic hydroxyl groups excluding tert-OH is 1. The lowest BCUT2D eigenvalue weighted by atomic mass is 9.95. The van der Waals surface area contributed by atoms with Crippen LogP contribution in [-0.2, 0) is 16.1 Å². The zero-order valence-corrected chi connectivity index (χ0v) is 18.8. The minimum Gasteiger partial charge on any atom is -0.507 e. The molecule has 1 atom stereocenters. The number of benzene rings is 2. The van der Waals surface area contributed by atoms with Crippen molar-refractivity contribution in [2.24, 2.45) is 0 Å². The van der Waals surface area contributed by atoms with E-state index in [1.165, 1.54) is 4.90 Å². The number of Topliss-reactive ketones (excluding diaryl/α,β-unsaturated/α-hetero) is 1. The Morgan fingerprint density at radius 2 is 1.58 bits per heavy atom. The Hall–Kier alpha value is -3.93. The summed E-state index contributed by atoms with van der Waals surface area (Å²) in [5.41, 5.74) is 3.31. The average Bonchev–Trinajstić information content (AvgIpc) is 3.11. The van der Waals surface area contributed by atoms with E-state index in [0.717, 1.165) is 29.9 Å². The molecule has 2 heterocycles. The number of hydrogen-bond acceptors (Lipinski definition) is 5. The summed E-state index contributed by atoms with van der Waals surface area (Å²) in [5, 5.41) is 11.1. The molecule has 0 aliphatic carbocycles. The topological polar surface area (TPSA) is 73.7 Å². The fraction of sp³-hybridized carbons (Fsp3) is 0.222. The van der Waals surface area contributed by atoms with Crippen LogP contribution in [0.4, 0.5) is 5.69 Å². The van der Waals surface area contributed by atoms with Crippen molar-refractivity contribution in [3.05, 3.63) is 101 Å². The fourth-order valence-corrected chi connectivity index (χ4v) is 4.28. The molecule has 2 aromatic carbocycles. The Morgan fingerprint density at radius 3 is 2.18 bits per heavy atom. The van der Waals surface area contributed by atoms with Gasteiger partial charge < -0.3 is 14.9 Å². The number of nitrogens with zero attached hydrogens (tertiary/aromatic N) is 3. The predicted octanol–water partition coefficient (Wildman–Crippen LogP) is 4.55. The van der Waals surface area contributed by atoms with Crippen LogP contribution in [0.1, 0.15) is 36.6 Å². The molecule has 1 unspecified atom stereocenters. The first kappa shape index (κ1) is 22.3. The van der Waals surface area contributed by atoms with Crippen molar-refractivity contribution in [1.29, 1.82) is 0 Å². The summed E-state index contributed by atoms with van der Waals surface area (Å²) in [6, 6.07) is 19.7. The normalized spacial score (nSPS) is 17.4. The van der Waals surface area contributed by atoms with Crippen LogP contribution in [0.2, 0.25) is 0 Å². The maximum Gasteiger partial charge on any atom is 0.295 e.